The van der Waals surface area contributed by atoms with E-state index in [1.54, 1.807) is 0 Å². The molecule has 0 aromatic rings. The van der Waals surface area contributed by atoms with E-state index in [1.165, 1.54) is 5.57 Å². The van der Waals surface area contributed by atoms with Crippen LogP contribution in [0.1, 0.15) is 20.3 Å². The molecule has 1 radical (unpaired) electrons. The fourth-order valence-electron chi connectivity index (χ4n) is 0.876. The van der Waals surface area contributed by atoms with E-state index in [4.69, 9.17) is 0 Å². The van der Waals surface area contributed by atoms with Crippen molar-refractivity contribution < 1.29 is 0 Å². The van der Waals surface area contributed by atoms with Crippen LogP contribution in [-0.2, 0) is 0 Å². The van der Waals surface area contributed by atoms with Gasteiger partial charge in [-0.2, -0.15) is 0 Å². The summed E-state index contributed by atoms with van der Waals surface area (Å²) in [4.78, 5) is 0. The lowest BCUT2D eigenvalue weighted by molar-refractivity contribution is 0.923. The molecule has 1 atom stereocenters. The summed E-state index contributed by atoms with van der Waals surface area (Å²) in [5.74, 6) is 0.560. The molecule has 0 nitrogen and oxygen atoms in total. The van der Waals surface area contributed by atoms with Gasteiger partial charge in [0.1, 0.15) is 0 Å². The molecule has 0 N–H and O–H groups in total. The molecule has 0 saturated heterocycles. The van der Waals surface area contributed by atoms with Crippen LogP contribution in [0.2, 0.25) is 0 Å². The third-order valence-corrected chi connectivity index (χ3v) is 1.40. The highest BCUT2D eigenvalue weighted by Gasteiger charge is 2.00. The van der Waals surface area contributed by atoms with Gasteiger partial charge in [-0.3, -0.25) is 0 Å². The third-order valence-electron chi connectivity index (χ3n) is 1.40. The van der Waals surface area contributed by atoms with Crippen molar-refractivity contribution in [3.05, 3.63) is 23.8 Å². The van der Waals surface area contributed by atoms with E-state index >= 15 is 0 Å². The van der Waals surface area contributed by atoms with Gasteiger partial charge in [0.05, 0.1) is 0 Å². The summed E-state index contributed by atoms with van der Waals surface area (Å²) in [6.45, 7) is 4.32. The summed E-state index contributed by atoms with van der Waals surface area (Å²) in [6, 6.07) is 0. The predicted octanol–water partition coefficient (Wildman–Crippen LogP) is 2.33. The van der Waals surface area contributed by atoms with Gasteiger partial charge in [-0.1, -0.05) is 31.6 Å². The first-order valence-corrected chi connectivity index (χ1v) is 3.13. The van der Waals surface area contributed by atoms with E-state index in [0.717, 1.165) is 6.42 Å². The van der Waals surface area contributed by atoms with Crippen LogP contribution in [0, 0.1) is 12.0 Å². The van der Waals surface area contributed by atoms with E-state index in [1.807, 2.05) is 0 Å². The standard InChI is InChI=1S/C8H11/c1-3-8-5-4-7(2)6-8/h5-7H,3H2,1-2H3. The smallest absolute Gasteiger partial charge is 0.000157 e. The van der Waals surface area contributed by atoms with Gasteiger partial charge < -0.3 is 0 Å². The minimum absolute atomic E-state index is 0.560. The largest absolute Gasteiger partial charge is 0.0741 e. The Morgan fingerprint density at radius 1 is 1.75 bits per heavy atom. The Balaban J connectivity index is 2.58. The van der Waals surface area contributed by atoms with Gasteiger partial charge in [0.25, 0.3) is 0 Å². The lowest BCUT2D eigenvalue weighted by Gasteiger charge is -1.88. The Morgan fingerprint density at radius 3 is 2.75 bits per heavy atom. The summed E-state index contributed by atoms with van der Waals surface area (Å²) in [5, 5.41) is 0. The highest BCUT2D eigenvalue weighted by Crippen LogP contribution is 2.15. The van der Waals surface area contributed by atoms with Crippen LogP contribution in [0.25, 0.3) is 0 Å². The molecule has 1 aliphatic carbocycles. The number of rotatable bonds is 1. The van der Waals surface area contributed by atoms with Gasteiger partial charge in [-0.05, 0) is 18.4 Å². The molecule has 1 aliphatic rings. The van der Waals surface area contributed by atoms with Crippen molar-refractivity contribution in [2.75, 3.05) is 0 Å². The van der Waals surface area contributed by atoms with Crippen molar-refractivity contribution in [3.8, 4) is 0 Å². The van der Waals surface area contributed by atoms with Crippen LogP contribution < -0.4 is 0 Å². The van der Waals surface area contributed by atoms with E-state index in [0.29, 0.717) is 5.92 Å². The van der Waals surface area contributed by atoms with Crippen molar-refractivity contribution in [1.29, 1.82) is 0 Å². The average molecular weight is 107 g/mol. The van der Waals surface area contributed by atoms with Crippen molar-refractivity contribution in [2.24, 2.45) is 5.92 Å². The molecule has 1 unspecified atom stereocenters. The number of hydrogen-bond donors (Lipinski definition) is 0. The summed E-state index contributed by atoms with van der Waals surface area (Å²) < 4.78 is 0. The molecule has 0 aliphatic heterocycles. The number of hydrogen-bond acceptors (Lipinski definition) is 0. The van der Waals surface area contributed by atoms with E-state index in [9.17, 15) is 0 Å². The van der Waals surface area contributed by atoms with Crippen LogP contribution in [-0.4, -0.2) is 0 Å². The van der Waals surface area contributed by atoms with E-state index < -0.39 is 0 Å². The zero-order valence-corrected chi connectivity index (χ0v) is 5.44. The molecule has 8 heavy (non-hydrogen) atoms. The summed E-state index contributed by atoms with van der Waals surface area (Å²) >= 11 is 0. The van der Waals surface area contributed by atoms with Gasteiger partial charge in [0, 0.05) is 0 Å². The molecule has 0 saturated carbocycles. The molecule has 0 heteroatoms. The maximum atomic E-state index is 3.20. The molecule has 0 spiro atoms. The molecule has 0 amide bonds. The second-order valence-electron chi connectivity index (χ2n) is 2.19. The van der Waals surface area contributed by atoms with Gasteiger partial charge in [-0.25, -0.2) is 0 Å². The maximum Gasteiger partial charge on any atom is -0.000157 e. The van der Waals surface area contributed by atoms with E-state index in [2.05, 4.69) is 32.1 Å². The van der Waals surface area contributed by atoms with Crippen LogP contribution in [0.5, 0.6) is 0 Å². The molecule has 43 valence electrons. The van der Waals surface area contributed by atoms with Gasteiger partial charge in [0.2, 0.25) is 0 Å². The minimum Gasteiger partial charge on any atom is -0.0741 e. The Morgan fingerprint density at radius 2 is 2.50 bits per heavy atom. The first-order chi connectivity index (χ1) is 3.83. The second kappa shape index (κ2) is 2.17. The lowest BCUT2D eigenvalue weighted by atomic mass is 10.2. The maximum absolute atomic E-state index is 3.20. The van der Waals surface area contributed by atoms with E-state index in [-0.39, 0.29) is 0 Å². The lowest BCUT2D eigenvalue weighted by Crippen LogP contribution is -1.75. The summed E-state index contributed by atoms with van der Waals surface area (Å²) in [7, 11) is 0. The van der Waals surface area contributed by atoms with Crippen molar-refractivity contribution in [1.82, 2.24) is 0 Å². The van der Waals surface area contributed by atoms with Gasteiger partial charge in [0.15, 0.2) is 0 Å². The topological polar surface area (TPSA) is 0 Å². The van der Waals surface area contributed by atoms with Crippen LogP contribution in [0.15, 0.2) is 17.7 Å². The Kier molecular flexibility index (Phi) is 1.52. The fourth-order valence-corrected chi connectivity index (χ4v) is 0.876. The second-order valence-corrected chi connectivity index (χ2v) is 2.19. The minimum atomic E-state index is 0.560. The van der Waals surface area contributed by atoms with Crippen LogP contribution in [0.4, 0.5) is 0 Å². The van der Waals surface area contributed by atoms with Crippen molar-refractivity contribution in [3.63, 3.8) is 0 Å². The molecule has 0 aromatic carbocycles. The quantitative estimate of drug-likeness (QED) is 0.482. The summed E-state index contributed by atoms with van der Waals surface area (Å²) in [5.41, 5.74) is 1.43. The Bertz CT molecular complexity index is 129. The Hall–Kier alpha value is -0.520. The monoisotopic (exact) mass is 107 g/mol. The van der Waals surface area contributed by atoms with Crippen molar-refractivity contribution in [2.45, 2.75) is 20.3 Å². The van der Waals surface area contributed by atoms with Crippen molar-refractivity contribution >= 4 is 0 Å². The first kappa shape index (κ1) is 5.61. The van der Waals surface area contributed by atoms with Gasteiger partial charge in [-0.15, -0.1) is 0 Å². The molecule has 0 fully saturated rings. The average Bonchev–Trinajstić information content (AvgIpc) is 2.14. The molecule has 0 aromatic heterocycles. The van der Waals surface area contributed by atoms with Crippen LogP contribution in [0.3, 0.4) is 0 Å². The van der Waals surface area contributed by atoms with Gasteiger partial charge >= 0.3 is 0 Å². The highest BCUT2D eigenvalue weighted by atomic mass is 14.1. The normalized spacial score (nSPS) is 26.2. The molecule has 1 rings (SSSR count). The fraction of sp³-hybridized carbons (Fsp3) is 0.500. The molecule has 0 heterocycles. The third kappa shape index (κ3) is 1.00. The molecular weight excluding hydrogens is 96.1 g/mol. The zero-order chi connectivity index (χ0) is 5.98. The zero-order valence-electron chi connectivity index (χ0n) is 5.44. The summed E-state index contributed by atoms with van der Waals surface area (Å²) in [6.07, 6.45) is 8.69. The number of allylic oxidation sites excluding steroid dienone is 4. The SMILES string of the molecule is CCC1=CC(C)[C]=C1. The predicted molar refractivity (Wildman–Crippen MR) is 35.4 cm³/mol. The molecule has 0 bridgehead atoms. The first-order valence-electron chi connectivity index (χ1n) is 3.13. The van der Waals surface area contributed by atoms with Crippen LogP contribution >= 0.6 is 0 Å². The molecular formula is C8H11. The highest BCUT2D eigenvalue weighted by molar-refractivity contribution is 5.24. The Labute approximate surface area is 50.9 Å².